The molecule has 0 bridgehead atoms. The van der Waals surface area contributed by atoms with Crippen LogP contribution < -0.4 is 0 Å². The second-order valence-electron chi connectivity index (χ2n) is 5.00. The van der Waals surface area contributed by atoms with Crippen LogP contribution in [-0.2, 0) is 11.3 Å². The van der Waals surface area contributed by atoms with Gasteiger partial charge in [-0.3, -0.25) is 0 Å². The summed E-state index contributed by atoms with van der Waals surface area (Å²) >= 11 is 0. The van der Waals surface area contributed by atoms with Gasteiger partial charge in [0.1, 0.15) is 6.33 Å². The molecule has 2 rings (SSSR count). The maximum absolute atomic E-state index is 9.55. The summed E-state index contributed by atoms with van der Waals surface area (Å²) in [4.78, 5) is 4.31. The molecule has 0 N–H and O–H groups in total. The lowest BCUT2D eigenvalue weighted by Gasteiger charge is -2.25. The molecule has 5 heteroatoms. The summed E-state index contributed by atoms with van der Waals surface area (Å²) in [6.45, 7) is 6.42. The molecule has 0 radical (unpaired) electrons. The van der Waals surface area contributed by atoms with Gasteiger partial charge in [0.15, 0.2) is 11.4 Å². The Bertz CT molecular complexity index is 644. The number of nitriles is 1. The number of rotatable bonds is 8. The normalized spacial score (nSPS) is 13.3. The molecule has 0 amide bonds. The van der Waals surface area contributed by atoms with Crippen LogP contribution in [0.25, 0.3) is 11.4 Å². The van der Waals surface area contributed by atoms with Gasteiger partial charge in [0.2, 0.25) is 0 Å². The summed E-state index contributed by atoms with van der Waals surface area (Å²) in [5.41, 5.74) is 0.0521. The first-order valence-electron chi connectivity index (χ1n) is 7.34. The Labute approximate surface area is 130 Å². The van der Waals surface area contributed by atoms with Gasteiger partial charge in [-0.2, -0.15) is 10.4 Å². The Balaban J connectivity index is 2.18. The number of hydrogen-bond donors (Lipinski definition) is 0. The van der Waals surface area contributed by atoms with Crippen molar-refractivity contribution in [3.63, 3.8) is 0 Å². The molecule has 0 aliphatic rings. The van der Waals surface area contributed by atoms with Crippen molar-refractivity contribution < 1.29 is 4.74 Å². The highest BCUT2D eigenvalue weighted by Gasteiger charge is 2.31. The second-order valence-corrected chi connectivity index (χ2v) is 5.00. The third kappa shape index (κ3) is 3.80. The number of allylic oxidation sites excluding steroid dienone is 1. The van der Waals surface area contributed by atoms with E-state index in [1.54, 1.807) is 17.1 Å². The van der Waals surface area contributed by atoms with Gasteiger partial charge in [0.25, 0.3) is 0 Å². The zero-order chi connectivity index (χ0) is 15.8. The third-order valence-corrected chi connectivity index (χ3v) is 3.36. The summed E-state index contributed by atoms with van der Waals surface area (Å²) in [5.74, 6) is 0.646. The Morgan fingerprint density at radius 3 is 2.82 bits per heavy atom. The number of benzene rings is 1. The van der Waals surface area contributed by atoms with Crippen molar-refractivity contribution in [1.29, 1.82) is 5.26 Å². The lowest BCUT2D eigenvalue weighted by Crippen LogP contribution is -2.36. The van der Waals surface area contributed by atoms with Crippen molar-refractivity contribution in [2.24, 2.45) is 0 Å². The van der Waals surface area contributed by atoms with Crippen molar-refractivity contribution in [1.82, 2.24) is 14.8 Å². The number of hydrogen-bond acceptors (Lipinski definition) is 4. The lowest BCUT2D eigenvalue weighted by molar-refractivity contribution is -0.0151. The van der Waals surface area contributed by atoms with Gasteiger partial charge >= 0.3 is 0 Å². The van der Waals surface area contributed by atoms with Crippen LogP contribution >= 0.6 is 0 Å². The minimum atomic E-state index is -0.898. The van der Waals surface area contributed by atoms with Gasteiger partial charge < -0.3 is 4.74 Å². The fourth-order valence-corrected chi connectivity index (χ4v) is 2.28. The SMILES string of the molecule is C=CCCC(C#N)(Cn1cnc(-c2ccccc2)n1)OCC. The zero-order valence-corrected chi connectivity index (χ0v) is 12.8. The smallest absolute Gasteiger partial charge is 0.181 e. The Hall–Kier alpha value is -2.45. The minimum absolute atomic E-state index is 0.352. The highest BCUT2D eigenvalue weighted by Crippen LogP contribution is 2.21. The molecule has 22 heavy (non-hydrogen) atoms. The molecule has 0 spiro atoms. The number of nitrogens with zero attached hydrogens (tertiary/aromatic N) is 4. The van der Waals surface area contributed by atoms with Crippen LogP contribution in [0.15, 0.2) is 49.3 Å². The van der Waals surface area contributed by atoms with Gasteiger partial charge in [-0.05, 0) is 19.8 Å². The molecular formula is C17H20N4O. The van der Waals surface area contributed by atoms with E-state index in [-0.39, 0.29) is 0 Å². The molecule has 0 saturated carbocycles. The van der Waals surface area contributed by atoms with Crippen molar-refractivity contribution in [2.45, 2.75) is 31.9 Å². The maximum atomic E-state index is 9.55. The molecule has 5 nitrogen and oxygen atoms in total. The second kappa shape index (κ2) is 7.53. The lowest BCUT2D eigenvalue weighted by atomic mass is 9.99. The molecule has 114 valence electrons. The molecule has 0 aliphatic carbocycles. The van der Waals surface area contributed by atoms with Gasteiger partial charge in [-0.25, -0.2) is 9.67 Å². The van der Waals surface area contributed by atoms with Crippen molar-refractivity contribution >= 4 is 0 Å². The van der Waals surface area contributed by atoms with E-state index in [0.29, 0.717) is 31.8 Å². The molecule has 0 saturated heterocycles. The van der Waals surface area contributed by atoms with Crippen LogP contribution in [0.2, 0.25) is 0 Å². The summed E-state index contributed by atoms with van der Waals surface area (Å²) < 4.78 is 7.37. The Morgan fingerprint density at radius 1 is 1.41 bits per heavy atom. The monoisotopic (exact) mass is 296 g/mol. The maximum Gasteiger partial charge on any atom is 0.181 e. The average molecular weight is 296 g/mol. The molecule has 2 aromatic rings. The van der Waals surface area contributed by atoms with Gasteiger partial charge in [0, 0.05) is 12.2 Å². The fourth-order valence-electron chi connectivity index (χ4n) is 2.28. The Kier molecular flexibility index (Phi) is 5.45. The predicted octanol–water partition coefficient (Wildman–Crippen LogP) is 3.21. The van der Waals surface area contributed by atoms with Crippen LogP contribution in [0.1, 0.15) is 19.8 Å². The van der Waals surface area contributed by atoms with Crippen LogP contribution in [-0.4, -0.2) is 27.0 Å². The van der Waals surface area contributed by atoms with Gasteiger partial charge in [0.05, 0.1) is 12.6 Å². The van der Waals surface area contributed by atoms with E-state index in [9.17, 15) is 5.26 Å². The van der Waals surface area contributed by atoms with E-state index in [2.05, 4.69) is 22.7 Å². The molecule has 1 unspecified atom stereocenters. The highest BCUT2D eigenvalue weighted by atomic mass is 16.5. The first-order valence-corrected chi connectivity index (χ1v) is 7.34. The summed E-state index contributed by atoms with van der Waals surface area (Å²) in [6, 6.07) is 12.0. The van der Waals surface area contributed by atoms with Gasteiger partial charge in [-0.15, -0.1) is 6.58 Å². The minimum Gasteiger partial charge on any atom is -0.358 e. The predicted molar refractivity (Wildman–Crippen MR) is 84.9 cm³/mol. The van der Waals surface area contributed by atoms with Crippen LogP contribution in [0.5, 0.6) is 0 Å². The number of ether oxygens (including phenoxy) is 1. The zero-order valence-electron chi connectivity index (χ0n) is 12.8. The van der Waals surface area contributed by atoms with E-state index in [0.717, 1.165) is 5.56 Å². The van der Waals surface area contributed by atoms with E-state index in [4.69, 9.17) is 4.74 Å². The average Bonchev–Trinajstić information content (AvgIpc) is 3.02. The van der Waals surface area contributed by atoms with Crippen LogP contribution in [0.3, 0.4) is 0 Å². The highest BCUT2D eigenvalue weighted by molar-refractivity contribution is 5.53. The summed E-state index contributed by atoms with van der Waals surface area (Å²) in [7, 11) is 0. The van der Waals surface area contributed by atoms with E-state index in [1.807, 2.05) is 37.3 Å². The standard InChI is InChI=1S/C17H20N4O/c1-3-5-11-17(12-18,22-4-2)13-21-14-19-16(20-21)15-9-7-6-8-10-15/h3,6-10,14H,1,4-5,11,13H2,2H3. The summed E-state index contributed by atoms with van der Waals surface area (Å²) in [6.07, 6.45) is 4.73. The molecule has 1 atom stereocenters. The van der Waals surface area contributed by atoms with E-state index >= 15 is 0 Å². The molecule has 0 aliphatic heterocycles. The van der Waals surface area contributed by atoms with Crippen molar-refractivity contribution in [3.05, 3.63) is 49.3 Å². The molecule has 0 fully saturated rings. The van der Waals surface area contributed by atoms with E-state index < -0.39 is 5.60 Å². The molecule has 1 aromatic carbocycles. The Morgan fingerprint density at radius 2 is 2.18 bits per heavy atom. The number of aromatic nitrogens is 3. The third-order valence-electron chi connectivity index (χ3n) is 3.36. The van der Waals surface area contributed by atoms with Gasteiger partial charge in [-0.1, -0.05) is 36.4 Å². The van der Waals surface area contributed by atoms with Crippen molar-refractivity contribution in [2.75, 3.05) is 6.61 Å². The molecular weight excluding hydrogens is 276 g/mol. The first-order chi connectivity index (χ1) is 10.7. The van der Waals surface area contributed by atoms with Crippen LogP contribution in [0, 0.1) is 11.3 Å². The van der Waals surface area contributed by atoms with Crippen molar-refractivity contribution in [3.8, 4) is 17.5 Å². The molecule has 1 aromatic heterocycles. The quantitative estimate of drug-likeness (QED) is 0.702. The molecule has 1 heterocycles. The summed E-state index contributed by atoms with van der Waals surface area (Å²) in [5, 5.41) is 14.0. The van der Waals surface area contributed by atoms with E-state index in [1.165, 1.54) is 0 Å². The first kappa shape index (κ1) is 15.9. The van der Waals surface area contributed by atoms with Crippen LogP contribution in [0.4, 0.5) is 0 Å². The largest absolute Gasteiger partial charge is 0.358 e. The topological polar surface area (TPSA) is 63.7 Å². The fraction of sp³-hybridized carbons (Fsp3) is 0.353.